The largest absolute Gasteiger partial charge is 0.273 e. The topological polar surface area (TPSA) is 79.8 Å². The molecule has 1 aromatic heterocycles. The number of non-ortho nitro benzene ring substituents is 1. The van der Waals surface area contributed by atoms with Crippen LogP contribution in [0.4, 0.5) is 10.1 Å². The summed E-state index contributed by atoms with van der Waals surface area (Å²) in [6, 6.07) is 8.05. The smallest absolute Gasteiger partial charge is 0.264 e. The van der Waals surface area contributed by atoms with Crippen molar-refractivity contribution in [2.75, 3.05) is 0 Å². The molecule has 2 aromatic rings. The summed E-state index contributed by atoms with van der Waals surface area (Å²) >= 11 is 6.10. The highest BCUT2D eigenvalue weighted by Crippen LogP contribution is 2.31. The van der Waals surface area contributed by atoms with Crippen molar-refractivity contribution in [3.63, 3.8) is 0 Å². The maximum Gasteiger partial charge on any atom is 0.273 e. The summed E-state index contributed by atoms with van der Waals surface area (Å²) in [7, 11) is 0. The van der Waals surface area contributed by atoms with Gasteiger partial charge in [-0.05, 0) is 12.1 Å². The highest BCUT2D eigenvalue weighted by Gasteiger charge is 2.15. The van der Waals surface area contributed by atoms with Crippen LogP contribution >= 0.6 is 11.6 Å². The molecule has 7 heteroatoms. The third-order valence-corrected chi connectivity index (χ3v) is 3.04. The molecule has 0 atom stereocenters. The molecule has 104 valence electrons. The van der Waals surface area contributed by atoms with Crippen LogP contribution in [0.3, 0.4) is 0 Å². The number of nitrogens with zero attached hydrogens (tertiary/aromatic N) is 3. The van der Waals surface area contributed by atoms with Crippen molar-refractivity contribution in [3.05, 3.63) is 69.8 Å². The first-order valence-corrected chi connectivity index (χ1v) is 6.06. The molecule has 0 bridgehead atoms. The lowest BCUT2D eigenvalue weighted by atomic mass is 10.0. The summed E-state index contributed by atoms with van der Waals surface area (Å²) in [5.41, 5.74) is 0.122. The van der Waals surface area contributed by atoms with Gasteiger partial charge in [0.2, 0.25) is 0 Å². The molecule has 2 rings (SSSR count). The molecule has 0 aliphatic carbocycles. The molecule has 1 aromatic carbocycles. The maximum absolute atomic E-state index is 13.4. The zero-order valence-corrected chi connectivity index (χ0v) is 11.2. The van der Waals surface area contributed by atoms with Gasteiger partial charge in [0, 0.05) is 29.6 Å². The Hall–Kier alpha value is -2.78. The zero-order chi connectivity index (χ0) is 15.4. The van der Waals surface area contributed by atoms with Crippen molar-refractivity contribution in [1.82, 2.24) is 4.98 Å². The lowest BCUT2D eigenvalue weighted by Gasteiger charge is -2.04. The summed E-state index contributed by atoms with van der Waals surface area (Å²) in [5, 5.41) is 19.9. The Kier molecular flexibility index (Phi) is 4.26. The Morgan fingerprint density at radius 2 is 2.14 bits per heavy atom. The molecule has 0 radical (unpaired) electrons. The molecule has 1 heterocycles. The van der Waals surface area contributed by atoms with E-state index in [1.54, 1.807) is 12.1 Å². The quantitative estimate of drug-likeness (QED) is 0.491. The Labute approximate surface area is 124 Å². The fourth-order valence-corrected chi connectivity index (χ4v) is 1.96. The van der Waals surface area contributed by atoms with Gasteiger partial charge < -0.3 is 0 Å². The average Bonchev–Trinajstić information content (AvgIpc) is 2.48. The number of aromatic nitrogens is 1. The maximum atomic E-state index is 13.4. The van der Waals surface area contributed by atoms with Crippen LogP contribution in [0.25, 0.3) is 10.6 Å². The Bertz CT molecular complexity index is 770. The van der Waals surface area contributed by atoms with Crippen LogP contribution in [-0.4, -0.2) is 9.91 Å². The zero-order valence-electron chi connectivity index (χ0n) is 10.5. The van der Waals surface area contributed by atoms with Crippen LogP contribution in [0.15, 0.2) is 42.7 Å². The van der Waals surface area contributed by atoms with Gasteiger partial charge in [-0.3, -0.25) is 15.1 Å². The minimum absolute atomic E-state index is 0.0590. The molecule has 0 saturated carbocycles. The molecular formula is C14H7ClFN3O2. The SMILES string of the molecule is N#C/C(=C(\Cl)c1cc(F)cc([N+](=O)[O-])c1)c1cccnc1. The molecule has 0 N–H and O–H groups in total. The van der Waals surface area contributed by atoms with Gasteiger partial charge in [-0.1, -0.05) is 17.7 Å². The minimum Gasteiger partial charge on any atom is -0.264 e. The molecule has 21 heavy (non-hydrogen) atoms. The van der Waals surface area contributed by atoms with Crippen LogP contribution in [0.1, 0.15) is 11.1 Å². The van der Waals surface area contributed by atoms with E-state index in [-0.39, 0.29) is 16.2 Å². The van der Waals surface area contributed by atoms with E-state index in [1.165, 1.54) is 12.4 Å². The van der Waals surface area contributed by atoms with Gasteiger partial charge in [-0.15, -0.1) is 0 Å². The van der Waals surface area contributed by atoms with Gasteiger partial charge in [0.1, 0.15) is 11.9 Å². The van der Waals surface area contributed by atoms with Crippen LogP contribution in [0, 0.1) is 27.3 Å². The van der Waals surface area contributed by atoms with Crippen molar-refractivity contribution in [2.24, 2.45) is 0 Å². The van der Waals surface area contributed by atoms with Gasteiger partial charge in [-0.2, -0.15) is 5.26 Å². The van der Waals surface area contributed by atoms with E-state index in [4.69, 9.17) is 11.6 Å². The van der Waals surface area contributed by atoms with E-state index in [0.717, 1.165) is 18.2 Å². The van der Waals surface area contributed by atoms with Crippen LogP contribution < -0.4 is 0 Å². The van der Waals surface area contributed by atoms with Crippen molar-refractivity contribution in [3.8, 4) is 6.07 Å². The second kappa shape index (κ2) is 6.11. The first-order chi connectivity index (χ1) is 10.0. The number of hydrogen-bond donors (Lipinski definition) is 0. The van der Waals surface area contributed by atoms with Crippen molar-refractivity contribution in [1.29, 1.82) is 5.26 Å². The number of nitriles is 1. The first kappa shape index (κ1) is 14.6. The summed E-state index contributed by atoms with van der Waals surface area (Å²) in [4.78, 5) is 13.9. The van der Waals surface area contributed by atoms with Crippen molar-refractivity contribution in [2.45, 2.75) is 0 Å². The number of nitro groups is 1. The monoisotopic (exact) mass is 303 g/mol. The highest BCUT2D eigenvalue weighted by molar-refractivity contribution is 6.53. The number of halogens is 2. The van der Waals surface area contributed by atoms with Crippen LogP contribution in [0.2, 0.25) is 0 Å². The van der Waals surface area contributed by atoms with Gasteiger partial charge in [-0.25, -0.2) is 4.39 Å². The number of allylic oxidation sites excluding steroid dienone is 1. The summed E-state index contributed by atoms with van der Waals surface area (Å²) in [6.07, 6.45) is 2.95. The molecule has 0 saturated heterocycles. The standard InChI is InChI=1S/C14H7ClFN3O2/c15-14(13(7-17)9-2-1-3-18-8-9)10-4-11(16)6-12(5-10)19(20)21/h1-6,8H/b14-13+. The molecule has 0 aliphatic rings. The third kappa shape index (κ3) is 3.22. The van der Waals surface area contributed by atoms with E-state index < -0.39 is 16.4 Å². The van der Waals surface area contributed by atoms with E-state index in [2.05, 4.69) is 4.98 Å². The highest BCUT2D eigenvalue weighted by atomic mass is 35.5. The second-order valence-corrected chi connectivity index (χ2v) is 4.38. The molecule has 0 aliphatic heterocycles. The van der Waals surface area contributed by atoms with Crippen LogP contribution in [0.5, 0.6) is 0 Å². The average molecular weight is 304 g/mol. The Balaban J connectivity index is 2.61. The minimum atomic E-state index is -0.805. The Morgan fingerprint density at radius 3 is 2.71 bits per heavy atom. The van der Waals surface area contributed by atoms with Crippen LogP contribution in [-0.2, 0) is 0 Å². The summed E-state index contributed by atoms with van der Waals surface area (Å²) in [6.45, 7) is 0. The summed E-state index contributed by atoms with van der Waals surface area (Å²) < 4.78 is 13.4. The summed E-state index contributed by atoms with van der Waals surface area (Å²) in [5.74, 6) is -0.805. The molecular weight excluding hydrogens is 297 g/mol. The number of pyridine rings is 1. The van der Waals surface area contributed by atoms with E-state index in [1.807, 2.05) is 6.07 Å². The van der Waals surface area contributed by atoms with Gasteiger partial charge in [0.15, 0.2) is 0 Å². The van der Waals surface area contributed by atoms with E-state index in [0.29, 0.717) is 5.56 Å². The van der Waals surface area contributed by atoms with E-state index in [9.17, 15) is 19.8 Å². The van der Waals surface area contributed by atoms with E-state index >= 15 is 0 Å². The fraction of sp³-hybridized carbons (Fsp3) is 0. The number of rotatable bonds is 3. The third-order valence-electron chi connectivity index (χ3n) is 2.63. The predicted octanol–water partition coefficient (Wildman–Crippen LogP) is 3.76. The molecule has 0 spiro atoms. The van der Waals surface area contributed by atoms with Crippen molar-refractivity contribution >= 4 is 27.9 Å². The number of nitro benzene ring substituents is 1. The lowest BCUT2D eigenvalue weighted by molar-refractivity contribution is -0.385. The van der Waals surface area contributed by atoms with Gasteiger partial charge in [0.25, 0.3) is 5.69 Å². The van der Waals surface area contributed by atoms with Gasteiger partial charge in [0.05, 0.1) is 21.6 Å². The molecule has 5 nitrogen and oxygen atoms in total. The predicted molar refractivity (Wildman–Crippen MR) is 75.6 cm³/mol. The Morgan fingerprint density at radius 1 is 1.38 bits per heavy atom. The number of benzene rings is 1. The normalized spacial score (nSPS) is 11.5. The fourth-order valence-electron chi connectivity index (χ4n) is 1.70. The lowest BCUT2D eigenvalue weighted by Crippen LogP contribution is -1.93. The second-order valence-electron chi connectivity index (χ2n) is 4.00. The molecule has 0 fully saturated rings. The van der Waals surface area contributed by atoms with Crippen molar-refractivity contribution < 1.29 is 9.31 Å². The first-order valence-electron chi connectivity index (χ1n) is 5.68. The van der Waals surface area contributed by atoms with Gasteiger partial charge >= 0.3 is 0 Å². The molecule has 0 amide bonds. The number of hydrogen-bond acceptors (Lipinski definition) is 4. The molecule has 0 unspecified atom stereocenters.